The summed E-state index contributed by atoms with van der Waals surface area (Å²) in [6.45, 7) is 0. The minimum Gasteiger partial charge on any atom is -0.456 e. The summed E-state index contributed by atoms with van der Waals surface area (Å²) in [5.74, 6) is 2.67. The first-order valence-corrected chi connectivity index (χ1v) is 12.2. The number of benzene rings is 5. The summed E-state index contributed by atoms with van der Waals surface area (Å²) in [5.41, 5.74) is 4.08. The minimum absolute atomic E-state index is 0.403. The van der Waals surface area contributed by atoms with Gasteiger partial charge in [-0.05, 0) is 47.2 Å². The minimum atomic E-state index is -0.403. The lowest BCUT2D eigenvalue weighted by Gasteiger charge is -2.29. The third kappa shape index (κ3) is 2.46. The Kier molecular flexibility index (Phi) is 3.48. The molecule has 0 bridgehead atoms. The van der Waals surface area contributed by atoms with Gasteiger partial charge in [-0.2, -0.15) is 0 Å². The third-order valence-corrected chi connectivity index (χ3v) is 7.52. The highest BCUT2D eigenvalue weighted by Gasteiger charge is 2.31. The smallest absolute Gasteiger partial charge is 0.336 e. The maximum atomic E-state index is 11.8. The van der Waals surface area contributed by atoms with Crippen LogP contribution in [0.1, 0.15) is 0 Å². The molecule has 0 N–H and O–H groups in total. The van der Waals surface area contributed by atoms with Gasteiger partial charge in [-0.25, -0.2) is 9.59 Å². The maximum absolute atomic E-state index is 11.8. The van der Waals surface area contributed by atoms with Gasteiger partial charge < -0.3 is 18.3 Å². The van der Waals surface area contributed by atoms with Gasteiger partial charge in [-0.3, -0.25) is 0 Å². The SMILES string of the molecule is O=c1ccc2cc3c(cc2o1)Oc1ccc2c4c(c5ccccc5c-3c14)-c1cc3ccc(=O)oc3cc1O2. The van der Waals surface area contributed by atoms with Crippen LogP contribution >= 0.6 is 0 Å². The van der Waals surface area contributed by atoms with Crippen LogP contribution < -0.4 is 20.7 Å². The average Bonchev–Trinajstić information content (AvgIpc) is 2.93. The molecular weight excluding hydrogens is 480 g/mol. The largest absolute Gasteiger partial charge is 0.456 e. The quantitative estimate of drug-likeness (QED) is 0.158. The number of ether oxygens (including phenoxy) is 2. The first-order chi connectivity index (χ1) is 18.6. The van der Waals surface area contributed by atoms with Crippen LogP contribution in [0.5, 0.6) is 23.0 Å². The van der Waals surface area contributed by atoms with E-state index in [1.807, 2.05) is 36.4 Å². The third-order valence-electron chi connectivity index (χ3n) is 7.52. The molecule has 0 radical (unpaired) electrons. The van der Waals surface area contributed by atoms with Crippen LogP contribution in [0.4, 0.5) is 0 Å². The van der Waals surface area contributed by atoms with Gasteiger partial charge in [-0.1, -0.05) is 24.3 Å². The van der Waals surface area contributed by atoms with Crippen molar-refractivity contribution in [1.82, 2.24) is 0 Å². The fourth-order valence-electron chi connectivity index (χ4n) is 5.97. The summed E-state index contributed by atoms with van der Waals surface area (Å²) in [4.78, 5) is 23.7. The molecule has 2 aliphatic heterocycles. The van der Waals surface area contributed by atoms with E-state index in [2.05, 4.69) is 12.1 Å². The van der Waals surface area contributed by atoms with Crippen molar-refractivity contribution < 1.29 is 18.3 Å². The molecule has 0 saturated carbocycles. The fourth-order valence-corrected chi connectivity index (χ4v) is 5.97. The van der Waals surface area contributed by atoms with Crippen molar-refractivity contribution in [3.8, 4) is 45.3 Å². The number of fused-ring (bicyclic) bond motifs is 9. The molecule has 4 heterocycles. The van der Waals surface area contributed by atoms with Crippen LogP contribution in [-0.4, -0.2) is 0 Å². The summed E-state index contributed by atoms with van der Waals surface area (Å²) in [7, 11) is 0. The lowest BCUT2D eigenvalue weighted by molar-refractivity contribution is 0.473. The van der Waals surface area contributed by atoms with Crippen molar-refractivity contribution >= 4 is 43.5 Å². The molecule has 9 rings (SSSR count). The summed E-state index contributed by atoms with van der Waals surface area (Å²) < 4.78 is 23.7. The van der Waals surface area contributed by atoms with Crippen molar-refractivity contribution in [2.45, 2.75) is 0 Å². The van der Waals surface area contributed by atoms with E-state index < -0.39 is 11.3 Å². The maximum Gasteiger partial charge on any atom is 0.336 e. The van der Waals surface area contributed by atoms with E-state index >= 15 is 0 Å². The Bertz CT molecular complexity index is 2180. The van der Waals surface area contributed by atoms with Crippen molar-refractivity contribution in [2.75, 3.05) is 0 Å². The fraction of sp³-hybridized carbons (Fsp3) is 0. The van der Waals surface area contributed by atoms with E-state index in [9.17, 15) is 9.59 Å². The van der Waals surface area contributed by atoms with Gasteiger partial charge in [0.2, 0.25) is 0 Å². The topological polar surface area (TPSA) is 78.9 Å². The van der Waals surface area contributed by atoms with Crippen LogP contribution in [0.3, 0.4) is 0 Å². The molecule has 6 heteroatoms. The first kappa shape index (κ1) is 19.8. The van der Waals surface area contributed by atoms with Gasteiger partial charge in [0.25, 0.3) is 0 Å². The highest BCUT2D eigenvalue weighted by atomic mass is 16.5. The molecule has 2 aromatic heterocycles. The van der Waals surface area contributed by atoms with Crippen molar-refractivity contribution in [2.24, 2.45) is 0 Å². The normalized spacial score (nSPS) is 12.8. The zero-order chi connectivity index (χ0) is 25.1. The second kappa shape index (κ2) is 6.69. The van der Waals surface area contributed by atoms with Crippen LogP contribution in [0.25, 0.3) is 65.7 Å². The van der Waals surface area contributed by atoms with Gasteiger partial charge in [0.1, 0.15) is 34.2 Å². The van der Waals surface area contributed by atoms with Crippen LogP contribution in [-0.2, 0) is 0 Å². The molecule has 0 fully saturated rings. The summed E-state index contributed by atoms with van der Waals surface area (Å²) in [6.07, 6.45) is 0. The molecular formula is C32H14O6. The number of rotatable bonds is 0. The summed E-state index contributed by atoms with van der Waals surface area (Å²) in [5, 5.41) is 5.70. The molecule has 2 aliphatic rings. The average molecular weight is 494 g/mol. The highest BCUT2D eigenvalue weighted by Crippen LogP contribution is 2.58. The van der Waals surface area contributed by atoms with Crippen molar-refractivity contribution in [3.05, 3.63) is 106 Å². The number of hydrogen-bond acceptors (Lipinski definition) is 6. The monoisotopic (exact) mass is 494 g/mol. The predicted octanol–water partition coefficient (Wildman–Crippen LogP) is 7.75. The van der Waals surface area contributed by atoms with Gasteiger partial charge in [0, 0.05) is 68.1 Å². The van der Waals surface area contributed by atoms with Gasteiger partial charge in [-0.15, -0.1) is 0 Å². The predicted molar refractivity (Wildman–Crippen MR) is 145 cm³/mol. The molecule has 0 spiro atoms. The molecule has 0 saturated heterocycles. The molecule has 0 aliphatic carbocycles. The summed E-state index contributed by atoms with van der Waals surface area (Å²) >= 11 is 0. The van der Waals surface area contributed by atoms with Gasteiger partial charge in [0.15, 0.2) is 0 Å². The Balaban J connectivity index is 1.47. The lowest BCUT2D eigenvalue weighted by Crippen LogP contribution is -2.05. The van der Waals surface area contributed by atoms with Crippen molar-refractivity contribution in [1.29, 1.82) is 0 Å². The van der Waals surface area contributed by atoms with E-state index in [0.717, 1.165) is 54.6 Å². The zero-order valence-electron chi connectivity index (χ0n) is 19.5. The number of hydrogen-bond donors (Lipinski definition) is 0. The molecule has 6 nitrogen and oxygen atoms in total. The van der Waals surface area contributed by atoms with Crippen molar-refractivity contribution in [3.63, 3.8) is 0 Å². The van der Waals surface area contributed by atoms with Crippen LogP contribution in [0.2, 0.25) is 0 Å². The highest BCUT2D eigenvalue weighted by molar-refractivity contribution is 6.27. The van der Waals surface area contributed by atoms with E-state index in [0.29, 0.717) is 34.2 Å². The Hall–Kier alpha value is -5.36. The Morgan fingerprint density at radius 1 is 0.474 bits per heavy atom. The van der Waals surface area contributed by atoms with E-state index in [4.69, 9.17) is 18.3 Å². The molecule has 0 unspecified atom stereocenters. The molecule has 0 amide bonds. The van der Waals surface area contributed by atoms with Crippen LogP contribution in [0.15, 0.2) is 103 Å². The van der Waals surface area contributed by atoms with E-state index in [-0.39, 0.29) is 0 Å². The Labute approximate surface area is 212 Å². The van der Waals surface area contributed by atoms with E-state index in [1.54, 1.807) is 24.3 Å². The first-order valence-electron chi connectivity index (χ1n) is 12.2. The summed E-state index contributed by atoms with van der Waals surface area (Å²) in [6, 6.07) is 26.1. The molecule has 0 atom stereocenters. The van der Waals surface area contributed by atoms with Gasteiger partial charge >= 0.3 is 11.3 Å². The molecule has 5 aromatic carbocycles. The lowest BCUT2D eigenvalue weighted by atomic mass is 9.82. The molecule has 38 heavy (non-hydrogen) atoms. The van der Waals surface area contributed by atoms with E-state index in [1.165, 1.54) is 12.1 Å². The Morgan fingerprint density at radius 3 is 1.42 bits per heavy atom. The van der Waals surface area contributed by atoms with Crippen LogP contribution in [0, 0.1) is 0 Å². The Morgan fingerprint density at radius 2 is 0.947 bits per heavy atom. The second-order valence-electron chi connectivity index (χ2n) is 9.59. The van der Waals surface area contributed by atoms with Gasteiger partial charge in [0.05, 0.1) is 0 Å². The zero-order valence-corrected chi connectivity index (χ0v) is 19.5. The molecule has 178 valence electrons. The standard InChI is InChI=1S/C32H14O6/c33-27-9-5-15-11-19-25(13-23(15)37-27)35-21-7-8-22-32-30(18-4-2-1-3-17(18)29(19)31(21)32)20-12-16-6-10-28(34)38-24(16)14-26(20)36-22/h1-14H. The second-order valence-corrected chi connectivity index (χ2v) is 9.59. The molecule has 7 aromatic rings.